The van der Waals surface area contributed by atoms with Crippen LogP contribution >= 0.6 is 0 Å². The molecule has 436 valence electrons. The van der Waals surface area contributed by atoms with E-state index in [0.717, 1.165) is 51.4 Å². The molecule has 0 saturated heterocycles. The Labute approximate surface area is 461 Å². The maximum absolute atomic E-state index is 12.6. The highest BCUT2D eigenvalue weighted by atomic mass is 16.3. The average molecular weight is 1040 g/mol. The van der Waals surface area contributed by atoms with Crippen molar-refractivity contribution < 1.29 is 25.2 Å². The van der Waals surface area contributed by atoms with Crippen LogP contribution in [0.2, 0.25) is 0 Å². The number of unbranched alkanes of at least 4 members (excludes halogenated alkanes) is 44. The highest BCUT2D eigenvalue weighted by Crippen LogP contribution is 2.18. The van der Waals surface area contributed by atoms with Crippen LogP contribution in [0.1, 0.15) is 348 Å². The van der Waals surface area contributed by atoms with Crippen molar-refractivity contribution in [3.8, 4) is 0 Å². The van der Waals surface area contributed by atoms with Gasteiger partial charge in [0.15, 0.2) is 0 Å². The second-order valence-electron chi connectivity index (χ2n) is 22.8. The van der Waals surface area contributed by atoms with Gasteiger partial charge in [-0.2, -0.15) is 0 Å². The molecule has 0 bridgehead atoms. The van der Waals surface area contributed by atoms with Crippen molar-refractivity contribution in [1.82, 2.24) is 5.32 Å². The highest BCUT2D eigenvalue weighted by Gasteiger charge is 2.28. The summed E-state index contributed by atoms with van der Waals surface area (Å²) in [6, 6.07) is -1.01. The molecule has 4 atom stereocenters. The second kappa shape index (κ2) is 62.1. The van der Waals surface area contributed by atoms with Crippen molar-refractivity contribution in [2.75, 3.05) is 6.61 Å². The number of rotatable bonds is 61. The Morgan fingerprint density at radius 1 is 0.324 bits per heavy atom. The molecule has 0 radical (unpaired) electrons. The fraction of sp³-hybridized carbons (Fsp3) is 0.868. The molecule has 0 saturated carbocycles. The van der Waals surface area contributed by atoms with E-state index >= 15 is 0 Å². The molecule has 6 heteroatoms. The summed E-state index contributed by atoms with van der Waals surface area (Å²) in [7, 11) is 0. The number of hydrogen-bond acceptors (Lipinski definition) is 5. The van der Waals surface area contributed by atoms with Crippen LogP contribution in [0.5, 0.6) is 0 Å². The van der Waals surface area contributed by atoms with E-state index < -0.39 is 36.9 Å². The third kappa shape index (κ3) is 55.0. The molecule has 0 aromatic carbocycles. The summed E-state index contributed by atoms with van der Waals surface area (Å²) < 4.78 is 0. The zero-order valence-electron chi connectivity index (χ0n) is 49.6. The summed E-state index contributed by atoms with van der Waals surface area (Å²) >= 11 is 0. The predicted octanol–water partition coefficient (Wildman–Crippen LogP) is 20.1. The molecular weight excluding hydrogens is 911 g/mol. The van der Waals surface area contributed by atoms with Crippen LogP contribution in [-0.2, 0) is 4.79 Å². The number of nitrogens with one attached hydrogen (secondary N) is 1. The molecule has 4 unspecified atom stereocenters. The van der Waals surface area contributed by atoms with Crippen LogP contribution in [0.25, 0.3) is 0 Å². The van der Waals surface area contributed by atoms with Crippen LogP contribution in [-0.4, -0.2) is 57.3 Å². The number of allylic oxidation sites excluding steroid dienone is 8. The first-order valence-electron chi connectivity index (χ1n) is 33.0. The average Bonchev–Trinajstić information content (AvgIpc) is 3.41. The van der Waals surface area contributed by atoms with Crippen LogP contribution in [0, 0.1) is 0 Å². The summed E-state index contributed by atoms with van der Waals surface area (Å²) in [5.74, 6) is -0.596. The SMILES string of the molecule is CCCCCCCCCCCCCC/C=C\CCCCCCCCCCCCCCC(O)C(=O)NC(CO)C(O)C(O)CCC/C=C/CC/C=C/CC/C=C/CCCCCCCCCCCCCCCCCCC. The third-order valence-electron chi connectivity index (χ3n) is 15.5. The molecule has 1 amide bonds. The lowest BCUT2D eigenvalue weighted by atomic mass is 10.00. The van der Waals surface area contributed by atoms with Gasteiger partial charge >= 0.3 is 0 Å². The van der Waals surface area contributed by atoms with E-state index in [2.05, 4.69) is 67.8 Å². The fourth-order valence-corrected chi connectivity index (χ4v) is 10.3. The topological polar surface area (TPSA) is 110 Å². The largest absolute Gasteiger partial charge is 0.394 e. The number of aliphatic hydroxyl groups is 4. The highest BCUT2D eigenvalue weighted by molar-refractivity contribution is 5.80. The van der Waals surface area contributed by atoms with Gasteiger partial charge in [-0.15, -0.1) is 0 Å². The van der Waals surface area contributed by atoms with Gasteiger partial charge in [0.05, 0.1) is 18.8 Å². The molecule has 0 heterocycles. The number of aliphatic hydroxyl groups excluding tert-OH is 4. The Morgan fingerprint density at radius 2 is 0.568 bits per heavy atom. The standard InChI is InChI=1S/C68H129NO5/c1-3-5-7-9-11-13-15-17-19-21-23-25-27-29-31-33-34-36-37-39-41-43-45-47-49-51-53-55-57-59-61-65(71)67(73)64(63-70)69-68(74)66(72)62-60-58-56-54-52-50-48-46-44-42-40-38-35-32-30-28-26-24-22-20-18-16-14-12-10-8-6-4-2/h30,32,37,39,45,47,53,55,64-67,70-73H,3-29,31,33-36,38,40-44,46,48-52,54,56-63H2,1-2H3,(H,69,74)/b32-30-,39-37+,47-45+,55-53+. The van der Waals surface area contributed by atoms with Gasteiger partial charge in [0.1, 0.15) is 12.2 Å². The molecule has 0 aromatic rings. The molecule has 74 heavy (non-hydrogen) atoms. The zero-order chi connectivity index (χ0) is 53.7. The first-order valence-corrected chi connectivity index (χ1v) is 33.0. The van der Waals surface area contributed by atoms with E-state index in [0.29, 0.717) is 19.3 Å². The van der Waals surface area contributed by atoms with Crippen molar-refractivity contribution in [2.45, 2.75) is 372 Å². The first kappa shape index (κ1) is 72.3. The maximum atomic E-state index is 12.6. The molecule has 0 aliphatic rings. The molecule has 0 spiro atoms. The number of hydrogen-bond donors (Lipinski definition) is 5. The van der Waals surface area contributed by atoms with Crippen molar-refractivity contribution in [1.29, 1.82) is 0 Å². The quantitative estimate of drug-likeness (QED) is 0.0308. The minimum absolute atomic E-state index is 0.358. The van der Waals surface area contributed by atoms with Crippen molar-refractivity contribution in [3.05, 3.63) is 48.6 Å². The third-order valence-corrected chi connectivity index (χ3v) is 15.5. The van der Waals surface area contributed by atoms with E-state index in [4.69, 9.17) is 0 Å². The number of carbonyl (C=O) groups excluding carboxylic acids is 1. The Hall–Kier alpha value is -1.73. The predicted molar refractivity (Wildman–Crippen MR) is 325 cm³/mol. The Kier molecular flexibility index (Phi) is 60.7. The van der Waals surface area contributed by atoms with Crippen LogP contribution in [0.15, 0.2) is 48.6 Å². The normalized spacial score (nSPS) is 13.9. The lowest BCUT2D eigenvalue weighted by Gasteiger charge is -2.27. The summed E-state index contributed by atoms with van der Waals surface area (Å²) in [4.78, 5) is 12.6. The Bertz CT molecular complexity index is 1210. The number of amides is 1. The maximum Gasteiger partial charge on any atom is 0.249 e. The Balaban J connectivity index is 3.65. The van der Waals surface area contributed by atoms with Gasteiger partial charge in [0.2, 0.25) is 5.91 Å². The monoisotopic (exact) mass is 1040 g/mol. The van der Waals surface area contributed by atoms with Crippen LogP contribution in [0.3, 0.4) is 0 Å². The van der Waals surface area contributed by atoms with Crippen molar-refractivity contribution in [3.63, 3.8) is 0 Å². The van der Waals surface area contributed by atoms with Crippen LogP contribution < -0.4 is 5.32 Å². The molecule has 0 rings (SSSR count). The van der Waals surface area contributed by atoms with E-state index in [1.54, 1.807) is 0 Å². The van der Waals surface area contributed by atoms with E-state index in [1.165, 1.54) is 263 Å². The van der Waals surface area contributed by atoms with Crippen molar-refractivity contribution >= 4 is 5.91 Å². The second-order valence-corrected chi connectivity index (χ2v) is 22.8. The van der Waals surface area contributed by atoms with Gasteiger partial charge in [-0.05, 0) is 89.9 Å². The van der Waals surface area contributed by atoms with Gasteiger partial charge in [0.25, 0.3) is 0 Å². The summed E-state index contributed by atoms with van der Waals surface area (Å²) in [5, 5.41) is 44.1. The minimum atomic E-state index is -1.30. The molecule has 5 N–H and O–H groups in total. The molecule has 0 aliphatic carbocycles. The van der Waals surface area contributed by atoms with Gasteiger partial charge in [0, 0.05) is 0 Å². The van der Waals surface area contributed by atoms with Gasteiger partial charge in [-0.3, -0.25) is 4.79 Å². The molecule has 6 nitrogen and oxygen atoms in total. The lowest BCUT2D eigenvalue weighted by Crippen LogP contribution is -2.53. The molecule has 0 fully saturated rings. The van der Waals surface area contributed by atoms with Crippen molar-refractivity contribution in [2.24, 2.45) is 0 Å². The van der Waals surface area contributed by atoms with E-state index in [1.807, 2.05) is 0 Å². The molecular formula is C68H129NO5. The first-order chi connectivity index (χ1) is 36.5. The fourth-order valence-electron chi connectivity index (χ4n) is 10.3. The van der Waals surface area contributed by atoms with E-state index in [-0.39, 0.29) is 0 Å². The molecule has 0 aromatic heterocycles. The summed E-state index contributed by atoms with van der Waals surface area (Å²) in [6.45, 7) is 4.08. The van der Waals surface area contributed by atoms with Crippen LogP contribution in [0.4, 0.5) is 0 Å². The minimum Gasteiger partial charge on any atom is -0.394 e. The summed E-state index contributed by atoms with van der Waals surface area (Å²) in [6.07, 6.45) is 80.8. The smallest absolute Gasteiger partial charge is 0.249 e. The lowest BCUT2D eigenvalue weighted by molar-refractivity contribution is -0.132. The zero-order valence-corrected chi connectivity index (χ0v) is 49.6. The Morgan fingerprint density at radius 3 is 0.851 bits per heavy atom. The van der Waals surface area contributed by atoms with Gasteiger partial charge in [-0.1, -0.05) is 306 Å². The van der Waals surface area contributed by atoms with Gasteiger partial charge in [-0.25, -0.2) is 0 Å². The van der Waals surface area contributed by atoms with E-state index in [9.17, 15) is 25.2 Å². The summed E-state index contributed by atoms with van der Waals surface area (Å²) in [5.41, 5.74) is 0. The van der Waals surface area contributed by atoms with Gasteiger partial charge < -0.3 is 25.7 Å². The molecule has 0 aliphatic heterocycles. The number of carbonyl (C=O) groups is 1.